The molecular weight excluding hydrogens is 147 g/mol. The molecule has 0 aliphatic heterocycles. The molecule has 0 spiro atoms. The fourth-order valence-electron chi connectivity index (χ4n) is 0.187. The molecule has 0 radical (unpaired) electrons. The van der Waals surface area contributed by atoms with Crippen LogP contribution in [0.2, 0.25) is 0 Å². The van der Waals surface area contributed by atoms with Crippen LogP contribution in [0.4, 0.5) is 0 Å². The fourth-order valence-corrected chi connectivity index (χ4v) is 0.413. The molecule has 6 heteroatoms. The SMILES string of the molecule is O=[PH](O)OCC=C(O)O. The van der Waals surface area contributed by atoms with Crippen LogP contribution in [0.15, 0.2) is 12.0 Å². The highest BCUT2D eigenvalue weighted by atomic mass is 31.1. The minimum absolute atomic E-state index is 0.267. The van der Waals surface area contributed by atoms with Crippen LogP contribution in [0, 0.1) is 0 Å². The Bertz CT molecular complexity index is 126. The number of hydrogen-bond donors (Lipinski definition) is 3. The third-order valence-electron chi connectivity index (χ3n) is 0.473. The van der Waals surface area contributed by atoms with Gasteiger partial charge in [0.25, 0.3) is 5.95 Å². The molecule has 0 bridgehead atoms. The van der Waals surface area contributed by atoms with Crippen LogP contribution >= 0.6 is 8.25 Å². The van der Waals surface area contributed by atoms with Gasteiger partial charge in [0.15, 0.2) is 0 Å². The van der Waals surface area contributed by atoms with E-state index in [2.05, 4.69) is 4.52 Å². The van der Waals surface area contributed by atoms with Crippen LogP contribution in [-0.2, 0) is 9.09 Å². The highest BCUT2D eigenvalue weighted by molar-refractivity contribution is 7.32. The van der Waals surface area contributed by atoms with E-state index >= 15 is 0 Å². The summed E-state index contributed by atoms with van der Waals surface area (Å²) < 4.78 is 13.8. The molecule has 9 heavy (non-hydrogen) atoms. The first-order chi connectivity index (χ1) is 4.13. The Labute approximate surface area is 52.2 Å². The van der Waals surface area contributed by atoms with Crippen LogP contribution in [0.3, 0.4) is 0 Å². The predicted molar refractivity (Wildman–Crippen MR) is 30.5 cm³/mol. The second-order valence-electron chi connectivity index (χ2n) is 1.14. The maximum absolute atomic E-state index is 9.75. The molecule has 0 aromatic heterocycles. The van der Waals surface area contributed by atoms with Crippen molar-refractivity contribution in [2.24, 2.45) is 0 Å². The van der Waals surface area contributed by atoms with Gasteiger partial charge in [-0.2, -0.15) is 0 Å². The third kappa shape index (κ3) is 7.49. The van der Waals surface area contributed by atoms with Crippen LogP contribution in [0.5, 0.6) is 0 Å². The summed E-state index contributed by atoms with van der Waals surface area (Å²) in [6.45, 7) is -0.267. The van der Waals surface area contributed by atoms with Gasteiger partial charge in [0.2, 0.25) is 0 Å². The first kappa shape index (κ1) is 8.49. The minimum Gasteiger partial charge on any atom is -0.481 e. The number of aliphatic hydroxyl groups is 2. The Morgan fingerprint density at radius 3 is 2.56 bits per heavy atom. The fraction of sp³-hybridized carbons (Fsp3) is 0.333. The van der Waals surface area contributed by atoms with Crippen molar-refractivity contribution in [1.82, 2.24) is 0 Å². The molecule has 0 fully saturated rings. The van der Waals surface area contributed by atoms with Gasteiger partial charge in [-0.15, -0.1) is 0 Å². The summed E-state index contributed by atoms with van der Waals surface area (Å²) in [7, 11) is -2.95. The first-order valence-electron chi connectivity index (χ1n) is 2.06. The lowest BCUT2D eigenvalue weighted by molar-refractivity contribution is 0.184. The lowest BCUT2D eigenvalue weighted by Gasteiger charge is -1.91. The molecule has 1 unspecified atom stereocenters. The van der Waals surface area contributed by atoms with Crippen molar-refractivity contribution in [3.63, 3.8) is 0 Å². The van der Waals surface area contributed by atoms with Crippen LogP contribution < -0.4 is 0 Å². The number of rotatable bonds is 3. The van der Waals surface area contributed by atoms with E-state index in [4.69, 9.17) is 15.1 Å². The molecule has 0 heterocycles. The van der Waals surface area contributed by atoms with E-state index in [-0.39, 0.29) is 6.61 Å². The van der Waals surface area contributed by atoms with Crippen LogP contribution in [0.25, 0.3) is 0 Å². The second kappa shape index (κ2) is 4.38. The lowest BCUT2D eigenvalue weighted by Crippen LogP contribution is -1.83. The van der Waals surface area contributed by atoms with E-state index in [0.29, 0.717) is 0 Å². The van der Waals surface area contributed by atoms with Gasteiger partial charge in [-0.3, -0.25) is 4.57 Å². The molecule has 3 N–H and O–H groups in total. The predicted octanol–water partition coefficient (Wildman–Crippen LogP) is 0.342. The largest absolute Gasteiger partial charge is 0.481 e. The molecule has 54 valence electrons. The van der Waals surface area contributed by atoms with Crippen molar-refractivity contribution < 1.29 is 24.2 Å². The van der Waals surface area contributed by atoms with Gasteiger partial charge in [-0.05, 0) is 0 Å². The Morgan fingerprint density at radius 2 is 2.22 bits per heavy atom. The van der Waals surface area contributed by atoms with Crippen molar-refractivity contribution in [2.75, 3.05) is 6.61 Å². The monoisotopic (exact) mass is 154 g/mol. The molecular formula is C3H7O5P. The maximum atomic E-state index is 9.75. The zero-order valence-corrected chi connectivity index (χ0v) is 5.44. The van der Waals surface area contributed by atoms with Gasteiger partial charge in [-0.1, -0.05) is 0 Å². The summed E-state index contributed by atoms with van der Waals surface area (Å²) in [6, 6.07) is 0. The van der Waals surface area contributed by atoms with E-state index in [0.717, 1.165) is 6.08 Å². The second-order valence-corrected chi connectivity index (χ2v) is 1.96. The van der Waals surface area contributed by atoms with Gasteiger partial charge >= 0.3 is 8.25 Å². The summed E-state index contributed by atoms with van der Waals surface area (Å²) in [5, 5.41) is 16.1. The molecule has 0 aliphatic carbocycles. The standard InChI is InChI=1S/C3H7O5P/c4-3(5)1-2-8-9(6)7/h1,4-5,9H,2H2,(H,6,7). The number of hydrogen-bond acceptors (Lipinski definition) is 4. The molecule has 5 nitrogen and oxygen atoms in total. The van der Waals surface area contributed by atoms with Crippen molar-refractivity contribution in [1.29, 1.82) is 0 Å². The zero-order chi connectivity index (χ0) is 7.28. The molecule has 0 saturated heterocycles. The number of aliphatic hydroxyl groups excluding tert-OH is 1. The molecule has 0 aliphatic rings. The summed E-state index contributed by atoms with van der Waals surface area (Å²) >= 11 is 0. The summed E-state index contributed by atoms with van der Waals surface area (Å²) in [6.07, 6.45) is 0.860. The maximum Gasteiger partial charge on any atom is 0.316 e. The third-order valence-corrected chi connectivity index (χ3v) is 0.886. The highest BCUT2D eigenvalue weighted by Crippen LogP contribution is 2.13. The quantitative estimate of drug-likeness (QED) is 0.403. The molecule has 0 aromatic rings. The highest BCUT2D eigenvalue weighted by Gasteiger charge is 1.88. The van der Waals surface area contributed by atoms with Gasteiger partial charge in [-0.25, -0.2) is 0 Å². The van der Waals surface area contributed by atoms with Gasteiger partial charge < -0.3 is 19.6 Å². The average Bonchev–Trinajstić information content (AvgIpc) is 1.63. The van der Waals surface area contributed by atoms with Gasteiger partial charge in [0.1, 0.15) is 0 Å². The van der Waals surface area contributed by atoms with Crippen molar-refractivity contribution in [2.45, 2.75) is 0 Å². The first-order valence-corrected chi connectivity index (χ1v) is 3.33. The van der Waals surface area contributed by atoms with Crippen LogP contribution in [-0.4, -0.2) is 21.7 Å². The Balaban J connectivity index is 3.31. The molecule has 0 aromatic carbocycles. The summed E-state index contributed by atoms with van der Waals surface area (Å²) in [5.41, 5.74) is 0. The Kier molecular flexibility index (Phi) is 4.13. The molecule has 0 saturated carbocycles. The van der Waals surface area contributed by atoms with Crippen LogP contribution in [0.1, 0.15) is 0 Å². The van der Waals surface area contributed by atoms with Crippen molar-refractivity contribution in [3.05, 3.63) is 12.0 Å². The Hall–Kier alpha value is -0.510. The minimum atomic E-state index is -2.95. The zero-order valence-electron chi connectivity index (χ0n) is 4.44. The average molecular weight is 154 g/mol. The summed E-state index contributed by atoms with van der Waals surface area (Å²) in [5.74, 6) is -0.918. The smallest absolute Gasteiger partial charge is 0.316 e. The van der Waals surface area contributed by atoms with E-state index in [1.165, 1.54) is 0 Å². The van der Waals surface area contributed by atoms with Crippen molar-refractivity contribution >= 4 is 8.25 Å². The normalized spacial score (nSPS) is 12.6. The van der Waals surface area contributed by atoms with E-state index in [1.807, 2.05) is 0 Å². The van der Waals surface area contributed by atoms with E-state index < -0.39 is 14.2 Å². The van der Waals surface area contributed by atoms with Gasteiger partial charge in [0, 0.05) is 6.08 Å². The summed E-state index contributed by atoms with van der Waals surface area (Å²) in [4.78, 5) is 8.00. The molecule has 0 amide bonds. The van der Waals surface area contributed by atoms with E-state index in [1.54, 1.807) is 0 Å². The lowest BCUT2D eigenvalue weighted by atomic mass is 10.7. The van der Waals surface area contributed by atoms with Crippen molar-refractivity contribution in [3.8, 4) is 0 Å². The molecule has 0 rings (SSSR count). The van der Waals surface area contributed by atoms with Gasteiger partial charge in [0.05, 0.1) is 6.61 Å². The molecule has 1 atom stereocenters. The van der Waals surface area contributed by atoms with E-state index in [9.17, 15) is 4.57 Å². The Morgan fingerprint density at radius 1 is 1.67 bits per heavy atom. The topological polar surface area (TPSA) is 87.0 Å².